The molecule has 0 spiro atoms. The van der Waals surface area contributed by atoms with Gasteiger partial charge in [0.2, 0.25) is 0 Å². The van der Waals surface area contributed by atoms with Gasteiger partial charge in [-0.15, -0.1) is 0 Å². The van der Waals surface area contributed by atoms with Gasteiger partial charge in [0.25, 0.3) is 0 Å². The molecule has 0 saturated heterocycles. The van der Waals surface area contributed by atoms with Crippen LogP contribution in [0.2, 0.25) is 0 Å². The van der Waals surface area contributed by atoms with Crippen LogP contribution in [0.1, 0.15) is 23.0 Å². The van der Waals surface area contributed by atoms with Crippen molar-refractivity contribution in [3.8, 4) is 11.8 Å². The maximum absolute atomic E-state index is 12.6. The Bertz CT molecular complexity index is 687. The number of rotatable bonds is 3. The van der Waals surface area contributed by atoms with Gasteiger partial charge in [0, 0.05) is 11.9 Å². The first-order valence-corrected chi connectivity index (χ1v) is 5.76. The lowest BCUT2D eigenvalue weighted by molar-refractivity contribution is -0.141. The molecule has 0 aliphatic carbocycles. The van der Waals surface area contributed by atoms with Crippen molar-refractivity contribution in [2.45, 2.75) is 13.1 Å². The van der Waals surface area contributed by atoms with Crippen LogP contribution in [0, 0.1) is 0 Å². The maximum atomic E-state index is 12.6. The number of halogens is 3. The van der Waals surface area contributed by atoms with Crippen molar-refractivity contribution in [2.75, 3.05) is 5.73 Å². The number of aromatic nitrogens is 2. The third-order valence-corrected chi connectivity index (χ3v) is 2.51. The smallest absolute Gasteiger partial charge is 0.424 e. The maximum Gasteiger partial charge on any atom is 0.433 e. The van der Waals surface area contributed by atoms with Gasteiger partial charge >= 0.3 is 12.2 Å². The number of benzene rings is 1. The van der Waals surface area contributed by atoms with Gasteiger partial charge in [0.05, 0.1) is 5.56 Å². The van der Waals surface area contributed by atoms with Gasteiger partial charge in [-0.2, -0.15) is 18.2 Å². The molecule has 8 heteroatoms. The number of Topliss-reactive ketones (excluding diaryl/α,β-unsaturated/α-hetero) is 1. The Morgan fingerprint density at radius 3 is 2.62 bits per heavy atom. The lowest BCUT2D eigenvalue weighted by Gasteiger charge is -2.10. The molecule has 0 aliphatic rings. The second-order valence-electron chi connectivity index (χ2n) is 4.14. The number of carbonyl (C=O) groups excluding carboxylic acids is 1. The highest BCUT2D eigenvalue weighted by molar-refractivity contribution is 5.97. The van der Waals surface area contributed by atoms with E-state index in [-0.39, 0.29) is 17.1 Å². The highest BCUT2D eigenvalue weighted by atomic mass is 19.4. The average Bonchev–Trinajstić information content (AvgIpc) is 2.40. The van der Waals surface area contributed by atoms with E-state index in [1.54, 1.807) is 0 Å². The first kappa shape index (κ1) is 14.8. The van der Waals surface area contributed by atoms with E-state index >= 15 is 0 Å². The van der Waals surface area contributed by atoms with Crippen LogP contribution in [0.3, 0.4) is 0 Å². The summed E-state index contributed by atoms with van der Waals surface area (Å²) in [5.41, 5.74) is 4.89. The highest BCUT2D eigenvalue weighted by Crippen LogP contribution is 2.30. The molecule has 110 valence electrons. The van der Waals surface area contributed by atoms with Crippen molar-refractivity contribution in [3.05, 3.63) is 41.7 Å². The van der Waals surface area contributed by atoms with Crippen LogP contribution in [-0.4, -0.2) is 15.8 Å². The van der Waals surface area contributed by atoms with E-state index in [2.05, 4.69) is 9.97 Å². The largest absolute Gasteiger partial charge is 0.433 e. The topological polar surface area (TPSA) is 78.1 Å². The molecule has 0 atom stereocenters. The molecule has 5 nitrogen and oxygen atoms in total. The number of nitrogens with zero attached hydrogens (tertiary/aromatic N) is 2. The van der Waals surface area contributed by atoms with Crippen molar-refractivity contribution in [3.63, 3.8) is 0 Å². The summed E-state index contributed by atoms with van der Waals surface area (Å²) in [6.07, 6.45) is -3.68. The number of carbonyl (C=O) groups is 1. The number of ether oxygens (including phenoxy) is 1. The minimum absolute atomic E-state index is 0.0380. The predicted molar refractivity (Wildman–Crippen MR) is 68.0 cm³/mol. The number of hydrogen-bond donors (Lipinski definition) is 1. The van der Waals surface area contributed by atoms with Crippen LogP contribution in [0.15, 0.2) is 30.5 Å². The zero-order valence-electron chi connectivity index (χ0n) is 10.8. The van der Waals surface area contributed by atoms with Crippen molar-refractivity contribution >= 4 is 11.5 Å². The van der Waals surface area contributed by atoms with Crippen LogP contribution in [0.25, 0.3) is 0 Å². The number of ketones is 1. The summed E-state index contributed by atoms with van der Waals surface area (Å²) >= 11 is 0. The highest BCUT2D eigenvalue weighted by Gasteiger charge is 2.33. The first-order valence-electron chi connectivity index (χ1n) is 5.76. The van der Waals surface area contributed by atoms with E-state index in [0.29, 0.717) is 5.69 Å². The van der Waals surface area contributed by atoms with E-state index in [1.807, 2.05) is 0 Å². The summed E-state index contributed by atoms with van der Waals surface area (Å²) in [7, 11) is 0. The standard InChI is InChI=1S/C13H10F3N3O2/c1-7(20)9-6-8(17)2-3-10(9)21-12-18-5-4-11(19-12)13(14,15)16/h2-6H,17H2,1H3. The summed E-state index contributed by atoms with van der Waals surface area (Å²) in [4.78, 5) is 18.3. The van der Waals surface area contributed by atoms with Gasteiger partial charge in [0.15, 0.2) is 11.5 Å². The van der Waals surface area contributed by atoms with Crippen LogP contribution in [-0.2, 0) is 6.18 Å². The minimum Gasteiger partial charge on any atom is -0.424 e. The van der Waals surface area contributed by atoms with E-state index < -0.39 is 17.9 Å². The normalized spacial score (nSPS) is 11.2. The molecule has 1 aromatic heterocycles. The van der Waals surface area contributed by atoms with Crippen LogP contribution >= 0.6 is 0 Å². The van der Waals surface area contributed by atoms with Gasteiger partial charge in [0.1, 0.15) is 5.75 Å². The summed E-state index contributed by atoms with van der Waals surface area (Å²) in [5, 5.41) is 0. The van der Waals surface area contributed by atoms with E-state index in [4.69, 9.17) is 10.5 Å². The minimum atomic E-state index is -4.61. The number of anilines is 1. The lowest BCUT2D eigenvalue weighted by atomic mass is 10.1. The molecular weight excluding hydrogens is 287 g/mol. The zero-order chi connectivity index (χ0) is 15.6. The molecule has 0 saturated carbocycles. The number of nitrogen functional groups attached to an aromatic ring is 1. The van der Waals surface area contributed by atoms with Gasteiger partial charge in [-0.1, -0.05) is 0 Å². The molecule has 0 radical (unpaired) electrons. The Hall–Kier alpha value is -2.64. The van der Waals surface area contributed by atoms with Gasteiger partial charge < -0.3 is 10.5 Å². The fourth-order valence-corrected chi connectivity index (χ4v) is 1.56. The fraction of sp³-hybridized carbons (Fsp3) is 0.154. The molecular formula is C13H10F3N3O2. The summed E-state index contributed by atoms with van der Waals surface area (Å²) in [6, 6.07) is 4.41. The number of hydrogen-bond acceptors (Lipinski definition) is 5. The van der Waals surface area contributed by atoms with Crippen molar-refractivity contribution in [1.29, 1.82) is 0 Å². The molecule has 0 bridgehead atoms. The molecule has 2 N–H and O–H groups in total. The lowest BCUT2D eigenvalue weighted by Crippen LogP contribution is -2.09. The molecule has 2 rings (SSSR count). The molecule has 1 heterocycles. The van der Waals surface area contributed by atoms with Crippen molar-refractivity contribution in [1.82, 2.24) is 9.97 Å². The Kier molecular flexibility index (Phi) is 3.79. The average molecular weight is 297 g/mol. The van der Waals surface area contributed by atoms with Gasteiger partial charge in [-0.25, -0.2) is 4.98 Å². The van der Waals surface area contributed by atoms with Crippen molar-refractivity contribution < 1.29 is 22.7 Å². The first-order chi connectivity index (χ1) is 9.77. The SMILES string of the molecule is CC(=O)c1cc(N)ccc1Oc1nccc(C(F)(F)F)n1. The molecule has 2 aromatic rings. The van der Waals surface area contributed by atoms with Crippen LogP contribution < -0.4 is 10.5 Å². The second kappa shape index (κ2) is 5.39. The Morgan fingerprint density at radius 2 is 2.00 bits per heavy atom. The Balaban J connectivity index is 2.37. The summed E-state index contributed by atoms with van der Waals surface area (Å²) < 4.78 is 42.8. The molecule has 0 unspecified atom stereocenters. The number of nitrogens with two attached hydrogens (primary N) is 1. The Morgan fingerprint density at radius 1 is 1.29 bits per heavy atom. The van der Waals surface area contributed by atoms with Crippen molar-refractivity contribution in [2.24, 2.45) is 0 Å². The van der Waals surface area contributed by atoms with E-state index in [9.17, 15) is 18.0 Å². The number of alkyl halides is 3. The predicted octanol–water partition coefficient (Wildman–Crippen LogP) is 3.07. The molecule has 21 heavy (non-hydrogen) atoms. The Labute approximate surface area is 117 Å². The van der Waals surface area contributed by atoms with Crippen LogP contribution in [0.4, 0.5) is 18.9 Å². The molecule has 1 aromatic carbocycles. The van der Waals surface area contributed by atoms with Gasteiger partial charge in [-0.05, 0) is 31.2 Å². The second-order valence-corrected chi connectivity index (χ2v) is 4.14. The summed E-state index contributed by atoms with van der Waals surface area (Å²) in [6.45, 7) is 1.29. The molecule has 0 amide bonds. The monoisotopic (exact) mass is 297 g/mol. The quantitative estimate of drug-likeness (QED) is 0.695. The fourth-order valence-electron chi connectivity index (χ4n) is 1.56. The summed E-state index contributed by atoms with van der Waals surface area (Å²) in [5.74, 6) is -0.305. The van der Waals surface area contributed by atoms with E-state index in [1.165, 1.54) is 25.1 Å². The third kappa shape index (κ3) is 3.47. The molecule has 0 fully saturated rings. The molecule has 0 aliphatic heterocycles. The van der Waals surface area contributed by atoms with Crippen LogP contribution in [0.5, 0.6) is 11.8 Å². The van der Waals surface area contributed by atoms with Gasteiger partial charge in [-0.3, -0.25) is 4.79 Å². The zero-order valence-corrected chi connectivity index (χ0v) is 10.8. The third-order valence-electron chi connectivity index (χ3n) is 2.51. The van der Waals surface area contributed by atoms with E-state index in [0.717, 1.165) is 12.3 Å².